The minimum Gasteiger partial charge on any atom is -0.368 e. The van der Waals surface area contributed by atoms with Crippen LogP contribution in [-0.4, -0.2) is 60.6 Å². The largest absolute Gasteiger partial charge is 0.368 e. The predicted octanol–water partition coefficient (Wildman–Crippen LogP) is 1.54. The number of nitrogens with zero attached hydrogens (tertiary/aromatic N) is 2. The van der Waals surface area contributed by atoms with E-state index >= 15 is 0 Å². The van der Waals surface area contributed by atoms with Gasteiger partial charge in [-0.25, -0.2) is 4.79 Å². The SMILES string of the molecule is O=C(Nc1ccccc1)N1CCN(C(=O)C2CCCO2)CC1. The summed E-state index contributed by atoms with van der Waals surface area (Å²) < 4.78 is 5.44. The molecule has 0 saturated carbocycles. The lowest BCUT2D eigenvalue weighted by molar-refractivity contribution is -0.142. The van der Waals surface area contributed by atoms with Crippen LogP contribution in [0.15, 0.2) is 30.3 Å². The Morgan fingerprint density at radius 2 is 1.73 bits per heavy atom. The van der Waals surface area contributed by atoms with Crippen molar-refractivity contribution < 1.29 is 14.3 Å². The first-order chi connectivity index (χ1) is 10.7. The molecule has 6 nitrogen and oxygen atoms in total. The zero-order valence-electron chi connectivity index (χ0n) is 12.5. The number of amides is 3. The van der Waals surface area contributed by atoms with E-state index in [0.717, 1.165) is 18.5 Å². The summed E-state index contributed by atoms with van der Waals surface area (Å²) in [6.45, 7) is 2.92. The Kier molecular flexibility index (Phi) is 4.58. The van der Waals surface area contributed by atoms with Gasteiger partial charge in [-0.1, -0.05) is 18.2 Å². The number of carbonyl (C=O) groups is 2. The van der Waals surface area contributed by atoms with Crippen LogP contribution in [-0.2, 0) is 9.53 Å². The second kappa shape index (κ2) is 6.79. The lowest BCUT2D eigenvalue weighted by atomic mass is 10.2. The molecule has 1 atom stereocenters. The van der Waals surface area contributed by atoms with E-state index in [-0.39, 0.29) is 18.0 Å². The van der Waals surface area contributed by atoms with E-state index in [1.54, 1.807) is 4.90 Å². The molecule has 22 heavy (non-hydrogen) atoms. The maximum absolute atomic E-state index is 12.2. The van der Waals surface area contributed by atoms with Crippen molar-refractivity contribution in [1.29, 1.82) is 0 Å². The molecule has 0 aromatic heterocycles. The molecule has 1 unspecified atom stereocenters. The Bertz CT molecular complexity index is 521. The van der Waals surface area contributed by atoms with E-state index in [2.05, 4.69) is 5.32 Å². The summed E-state index contributed by atoms with van der Waals surface area (Å²) in [4.78, 5) is 28.0. The number of piperazine rings is 1. The van der Waals surface area contributed by atoms with E-state index < -0.39 is 0 Å². The Labute approximate surface area is 130 Å². The quantitative estimate of drug-likeness (QED) is 0.901. The van der Waals surface area contributed by atoms with E-state index in [1.807, 2.05) is 35.2 Å². The van der Waals surface area contributed by atoms with Crippen LogP contribution in [0, 0.1) is 0 Å². The van der Waals surface area contributed by atoms with Crippen LogP contribution in [0.2, 0.25) is 0 Å². The van der Waals surface area contributed by atoms with E-state index in [0.29, 0.717) is 32.8 Å². The molecule has 0 spiro atoms. The van der Waals surface area contributed by atoms with E-state index in [9.17, 15) is 9.59 Å². The number of urea groups is 1. The average molecular weight is 303 g/mol. The first-order valence-corrected chi connectivity index (χ1v) is 7.75. The molecule has 3 amide bonds. The molecule has 1 aromatic rings. The van der Waals surface area contributed by atoms with E-state index in [1.165, 1.54) is 0 Å². The van der Waals surface area contributed by atoms with Crippen LogP contribution in [0.4, 0.5) is 10.5 Å². The van der Waals surface area contributed by atoms with E-state index in [4.69, 9.17) is 4.74 Å². The smallest absolute Gasteiger partial charge is 0.321 e. The lowest BCUT2D eigenvalue weighted by Gasteiger charge is -2.35. The molecule has 2 fully saturated rings. The third kappa shape index (κ3) is 3.39. The number of rotatable bonds is 2. The number of nitrogens with one attached hydrogen (secondary N) is 1. The lowest BCUT2D eigenvalue weighted by Crippen LogP contribution is -2.53. The average Bonchev–Trinajstić information content (AvgIpc) is 3.10. The topological polar surface area (TPSA) is 61.9 Å². The summed E-state index contributed by atoms with van der Waals surface area (Å²) in [5.74, 6) is 0.0700. The Hall–Kier alpha value is -2.08. The highest BCUT2D eigenvalue weighted by Crippen LogP contribution is 2.16. The fraction of sp³-hybridized carbons (Fsp3) is 0.500. The molecule has 118 valence electrons. The van der Waals surface area contributed by atoms with Crippen molar-refractivity contribution in [3.63, 3.8) is 0 Å². The first-order valence-electron chi connectivity index (χ1n) is 7.75. The molecule has 1 aromatic carbocycles. The minimum atomic E-state index is -0.273. The van der Waals surface area contributed by atoms with Crippen molar-refractivity contribution in [3.8, 4) is 0 Å². The van der Waals surface area contributed by atoms with Gasteiger partial charge in [-0.15, -0.1) is 0 Å². The standard InChI is InChI=1S/C16H21N3O3/c20-15(14-7-4-12-22-14)18-8-10-19(11-9-18)16(21)17-13-5-2-1-3-6-13/h1-3,5-6,14H,4,7-12H2,(H,17,21). The van der Waals surface area contributed by atoms with Gasteiger partial charge in [0.15, 0.2) is 0 Å². The predicted molar refractivity (Wildman–Crippen MR) is 82.6 cm³/mol. The summed E-state index contributed by atoms with van der Waals surface area (Å²) in [7, 11) is 0. The van der Waals surface area contributed by atoms with Crippen molar-refractivity contribution >= 4 is 17.6 Å². The van der Waals surface area contributed by atoms with Gasteiger partial charge >= 0.3 is 6.03 Å². The summed E-state index contributed by atoms with van der Waals surface area (Å²) >= 11 is 0. The molecule has 1 N–H and O–H groups in total. The molecule has 2 heterocycles. The van der Waals surface area contributed by atoms with Gasteiger partial charge in [0, 0.05) is 38.5 Å². The van der Waals surface area contributed by atoms with Gasteiger partial charge in [-0.2, -0.15) is 0 Å². The number of benzene rings is 1. The molecular weight excluding hydrogens is 282 g/mol. The highest BCUT2D eigenvalue weighted by atomic mass is 16.5. The van der Waals surface area contributed by atoms with Crippen LogP contribution >= 0.6 is 0 Å². The van der Waals surface area contributed by atoms with Crippen molar-refractivity contribution in [1.82, 2.24) is 9.80 Å². The van der Waals surface area contributed by atoms with Crippen molar-refractivity contribution in [3.05, 3.63) is 30.3 Å². The number of para-hydroxylation sites is 1. The second-order valence-electron chi connectivity index (χ2n) is 5.61. The fourth-order valence-electron chi connectivity index (χ4n) is 2.83. The van der Waals surface area contributed by atoms with Gasteiger partial charge in [0.25, 0.3) is 5.91 Å². The van der Waals surface area contributed by atoms with Crippen LogP contribution in [0.1, 0.15) is 12.8 Å². The molecule has 2 aliphatic heterocycles. The summed E-state index contributed by atoms with van der Waals surface area (Å²) in [5, 5.41) is 2.87. The number of ether oxygens (including phenoxy) is 1. The molecule has 3 rings (SSSR count). The summed E-state index contributed by atoms with van der Waals surface area (Å²) in [5.41, 5.74) is 0.783. The summed E-state index contributed by atoms with van der Waals surface area (Å²) in [6.07, 6.45) is 1.49. The normalized spacial score (nSPS) is 21.7. The van der Waals surface area contributed by atoms with Gasteiger partial charge < -0.3 is 19.9 Å². The highest BCUT2D eigenvalue weighted by molar-refractivity contribution is 5.89. The Balaban J connectivity index is 1.48. The second-order valence-corrected chi connectivity index (χ2v) is 5.61. The minimum absolute atomic E-state index is 0.0700. The number of hydrogen-bond acceptors (Lipinski definition) is 3. The van der Waals surface area contributed by atoms with Gasteiger partial charge in [0.1, 0.15) is 6.10 Å². The number of anilines is 1. The molecule has 6 heteroatoms. The Morgan fingerprint density at radius 3 is 2.36 bits per heavy atom. The number of carbonyl (C=O) groups excluding carboxylic acids is 2. The number of hydrogen-bond donors (Lipinski definition) is 1. The molecule has 0 radical (unpaired) electrons. The molecular formula is C16H21N3O3. The van der Waals surface area contributed by atoms with Crippen molar-refractivity contribution in [2.75, 3.05) is 38.1 Å². The molecule has 2 aliphatic rings. The van der Waals surface area contributed by atoms with Gasteiger partial charge in [-0.3, -0.25) is 4.79 Å². The van der Waals surface area contributed by atoms with Crippen molar-refractivity contribution in [2.24, 2.45) is 0 Å². The monoisotopic (exact) mass is 303 g/mol. The molecule has 0 bridgehead atoms. The van der Waals surface area contributed by atoms with Gasteiger partial charge in [0.2, 0.25) is 0 Å². The zero-order valence-corrected chi connectivity index (χ0v) is 12.5. The fourth-order valence-corrected chi connectivity index (χ4v) is 2.83. The first kappa shape index (κ1) is 14.8. The van der Waals surface area contributed by atoms with Crippen LogP contribution in [0.5, 0.6) is 0 Å². The Morgan fingerprint density at radius 1 is 1.05 bits per heavy atom. The maximum Gasteiger partial charge on any atom is 0.321 e. The van der Waals surface area contributed by atoms with Gasteiger partial charge in [-0.05, 0) is 25.0 Å². The molecule has 0 aliphatic carbocycles. The van der Waals surface area contributed by atoms with Crippen molar-refractivity contribution in [2.45, 2.75) is 18.9 Å². The maximum atomic E-state index is 12.2. The zero-order chi connectivity index (χ0) is 15.4. The van der Waals surface area contributed by atoms with Crippen LogP contribution < -0.4 is 5.32 Å². The van der Waals surface area contributed by atoms with Gasteiger partial charge in [0.05, 0.1) is 0 Å². The third-order valence-corrected chi connectivity index (χ3v) is 4.11. The van der Waals surface area contributed by atoms with Crippen LogP contribution in [0.3, 0.4) is 0 Å². The third-order valence-electron chi connectivity index (χ3n) is 4.11. The summed E-state index contributed by atoms with van der Waals surface area (Å²) in [6, 6.07) is 9.27. The highest BCUT2D eigenvalue weighted by Gasteiger charge is 2.31. The van der Waals surface area contributed by atoms with Crippen LogP contribution in [0.25, 0.3) is 0 Å². The molecule has 2 saturated heterocycles.